The van der Waals surface area contributed by atoms with Crippen LogP contribution in [0, 0.1) is 12.8 Å². The van der Waals surface area contributed by atoms with E-state index in [1.54, 1.807) is 0 Å². The summed E-state index contributed by atoms with van der Waals surface area (Å²) < 4.78 is 0. The molecule has 0 radical (unpaired) electrons. The van der Waals surface area contributed by atoms with Gasteiger partial charge in [0.1, 0.15) is 0 Å². The summed E-state index contributed by atoms with van der Waals surface area (Å²) in [6, 6.07) is 7.50. The van der Waals surface area contributed by atoms with Crippen molar-refractivity contribution < 1.29 is 0 Å². The lowest BCUT2D eigenvalue weighted by atomic mass is 10.1. The molecule has 1 aliphatic heterocycles. The molecule has 1 aromatic carbocycles. The molecule has 2 nitrogen and oxygen atoms in total. The van der Waals surface area contributed by atoms with Crippen LogP contribution in [-0.4, -0.2) is 19.1 Å². The maximum absolute atomic E-state index is 3.68. The summed E-state index contributed by atoms with van der Waals surface area (Å²) in [6.07, 6.45) is 6.90. The van der Waals surface area contributed by atoms with Gasteiger partial charge in [0.25, 0.3) is 0 Å². The number of aryl methyl sites for hydroxylation is 1. The molecule has 2 aliphatic rings. The van der Waals surface area contributed by atoms with Crippen molar-refractivity contribution in [2.24, 2.45) is 5.92 Å². The van der Waals surface area contributed by atoms with Crippen LogP contribution in [-0.2, 0) is 0 Å². The average Bonchev–Trinajstić information content (AvgIpc) is 3.03. The summed E-state index contributed by atoms with van der Waals surface area (Å²) >= 11 is 0. The molecular formula is C17H26N2. The van der Waals surface area contributed by atoms with Crippen molar-refractivity contribution in [1.29, 1.82) is 0 Å². The molecule has 0 amide bonds. The van der Waals surface area contributed by atoms with Gasteiger partial charge in [0.05, 0.1) is 0 Å². The van der Waals surface area contributed by atoms with Gasteiger partial charge in [-0.2, -0.15) is 0 Å². The van der Waals surface area contributed by atoms with Gasteiger partial charge in [0.2, 0.25) is 0 Å². The van der Waals surface area contributed by atoms with E-state index in [1.165, 1.54) is 62.1 Å². The Morgan fingerprint density at radius 2 is 2.00 bits per heavy atom. The minimum Gasteiger partial charge on any atom is -0.382 e. The van der Waals surface area contributed by atoms with E-state index in [0.717, 1.165) is 5.92 Å². The largest absolute Gasteiger partial charge is 0.382 e. The third kappa shape index (κ3) is 3.23. The molecule has 1 aliphatic carbocycles. The van der Waals surface area contributed by atoms with E-state index in [9.17, 15) is 0 Å². The van der Waals surface area contributed by atoms with Gasteiger partial charge in [-0.05, 0) is 62.8 Å². The summed E-state index contributed by atoms with van der Waals surface area (Å²) in [5, 5.41) is 3.68. The Kier molecular flexibility index (Phi) is 3.67. The molecule has 1 saturated heterocycles. The smallest absolute Gasteiger partial charge is 0.0373 e. The molecule has 0 bridgehead atoms. The molecule has 1 heterocycles. The highest BCUT2D eigenvalue weighted by molar-refractivity contribution is 5.60. The first-order valence-electron chi connectivity index (χ1n) is 7.84. The second-order valence-corrected chi connectivity index (χ2v) is 6.42. The number of nitrogens with one attached hydrogen (secondary N) is 1. The summed E-state index contributed by atoms with van der Waals surface area (Å²) in [5.74, 6) is 0.992. The second kappa shape index (κ2) is 5.44. The Morgan fingerprint density at radius 3 is 2.63 bits per heavy atom. The van der Waals surface area contributed by atoms with Crippen molar-refractivity contribution >= 4 is 11.4 Å². The first-order chi connectivity index (χ1) is 9.22. The van der Waals surface area contributed by atoms with Crippen LogP contribution in [0.1, 0.15) is 44.6 Å². The van der Waals surface area contributed by atoms with E-state index in [2.05, 4.69) is 42.3 Å². The Hall–Kier alpha value is -1.18. The Labute approximate surface area is 117 Å². The fraction of sp³-hybridized carbons (Fsp3) is 0.647. The first kappa shape index (κ1) is 12.8. The van der Waals surface area contributed by atoms with Gasteiger partial charge < -0.3 is 10.2 Å². The van der Waals surface area contributed by atoms with Crippen molar-refractivity contribution in [2.75, 3.05) is 23.3 Å². The topological polar surface area (TPSA) is 15.3 Å². The van der Waals surface area contributed by atoms with Crippen LogP contribution in [0.2, 0.25) is 0 Å². The molecule has 1 unspecified atom stereocenters. The van der Waals surface area contributed by atoms with Crippen LogP contribution in [0.3, 0.4) is 0 Å². The Morgan fingerprint density at radius 1 is 1.26 bits per heavy atom. The maximum Gasteiger partial charge on any atom is 0.0373 e. The van der Waals surface area contributed by atoms with Gasteiger partial charge >= 0.3 is 0 Å². The highest BCUT2D eigenvalue weighted by atomic mass is 15.1. The van der Waals surface area contributed by atoms with Crippen LogP contribution in [0.15, 0.2) is 18.2 Å². The van der Waals surface area contributed by atoms with E-state index in [1.807, 2.05) is 0 Å². The Balaban J connectivity index is 1.64. The molecule has 1 N–H and O–H groups in total. The standard InChI is InChI=1S/C17H26N2/c1-13-11-16(19-9-3-4-10-19)7-8-17(13)18-14(2)12-15-5-6-15/h7-8,11,14-15,18H,3-6,9-10,12H2,1-2H3. The lowest BCUT2D eigenvalue weighted by Gasteiger charge is -2.21. The monoisotopic (exact) mass is 258 g/mol. The third-order valence-electron chi connectivity index (χ3n) is 4.47. The lowest BCUT2D eigenvalue weighted by molar-refractivity contribution is 0.642. The zero-order valence-corrected chi connectivity index (χ0v) is 12.3. The zero-order valence-electron chi connectivity index (χ0n) is 12.3. The minimum absolute atomic E-state index is 0.601. The van der Waals surface area contributed by atoms with Crippen LogP contribution in [0.25, 0.3) is 0 Å². The predicted molar refractivity (Wildman–Crippen MR) is 83.1 cm³/mol. The number of nitrogens with zero attached hydrogens (tertiary/aromatic N) is 1. The summed E-state index contributed by atoms with van der Waals surface area (Å²) in [5.41, 5.74) is 4.10. The molecule has 1 atom stereocenters. The molecule has 1 aromatic rings. The number of anilines is 2. The van der Waals surface area contributed by atoms with Crippen molar-refractivity contribution in [3.8, 4) is 0 Å². The molecule has 19 heavy (non-hydrogen) atoms. The fourth-order valence-electron chi connectivity index (χ4n) is 3.16. The minimum atomic E-state index is 0.601. The first-order valence-corrected chi connectivity index (χ1v) is 7.84. The predicted octanol–water partition coefficient (Wildman–Crippen LogP) is 4.20. The second-order valence-electron chi connectivity index (χ2n) is 6.42. The zero-order chi connectivity index (χ0) is 13.2. The third-order valence-corrected chi connectivity index (χ3v) is 4.47. The van der Waals surface area contributed by atoms with E-state index in [4.69, 9.17) is 0 Å². The van der Waals surface area contributed by atoms with Crippen LogP contribution < -0.4 is 10.2 Å². The molecule has 3 rings (SSSR count). The van der Waals surface area contributed by atoms with Gasteiger partial charge in [-0.3, -0.25) is 0 Å². The summed E-state index contributed by atoms with van der Waals surface area (Å²) in [7, 11) is 0. The van der Waals surface area contributed by atoms with Crippen molar-refractivity contribution in [3.05, 3.63) is 23.8 Å². The quantitative estimate of drug-likeness (QED) is 0.851. The summed E-state index contributed by atoms with van der Waals surface area (Å²) in [6.45, 7) is 6.99. The van der Waals surface area contributed by atoms with Gasteiger partial charge in [-0.1, -0.05) is 12.8 Å². The molecule has 0 aromatic heterocycles. The molecule has 2 heteroatoms. The Bertz CT molecular complexity index is 431. The molecule has 0 spiro atoms. The van der Waals surface area contributed by atoms with Crippen molar-refractivity contribution in [2.45, 2.75) is 52.0 Å². The van der Waals surface area contributed by atoms with Gasteiger partial charge in [0, 0.05) is 30.5 Å². The van der Waals surface area contributed by atoms with E-state index in [0.29, 0.717) is 6.04 Å². The van der Waals surface area contributed by atoms with E-state index < -0.39 is 0 Å². The van der Waals surface area contributed by atoms with Crippen LogP contribution in [0.4, 0.5) is 11.4 Å². The van der Waals surface area contributed by atoms with Crippen LogP contribution >= 0.6 is 0 Å². The van der Waals surface area contributed by atoms with Gasteiger partial charge in [0.15, 0.2) is 0 Å². The van der Waals surface area contributed by atoms with E-state index in [-0.39, 0.29) is 0 Å². The number of benzene rings is 1. The number of rotatable bonds is 5. The SMILES string of the molecule is Cc1cc(N2CCCC2)ccc1NC(C)CC1CC1. The molecule has 2 fully saturated rings. The number of hydrogen-bond donors (Lipinski definition) is 1. The average molecular weight is 258 g/mol. The fourth-order valence-corrected chi connectivity index (χ4v) is 3.16. The van der Waals surface area contributed by atoms with Crippen LogP contribution in [0.5, 0.6) is 0 Å². The van der Waals surface area contributed by atoms with Gasteiger partial charge in [-0.15, -0.1) is 0 Å². The highest BCUT2D eigenvalue weighted by Gasteiger charge is 2.23. The van der Waals surface area contributed by atoms with Gasteiger partial charge in [-0.25, -0.2) is 0 Å². The maximum atomic E-state index is 3.68. The lowest BCUT2D eigenvalue weighted by Crippen LogP contribution is -2.19. The molecule has 104 valence electrons. The molecular weight excluding hydrogens is 232 g/mol. The molecule has 1 saturated carbocycles. The summed E-state index contributed by atoms with van der Waals surface area (Å²) in [4.78, 5) is 2.50. The highest BCUT2D eigenvalue weighted by Crippen LogP contribution is 2.34. The normalized spacial score (nSPS) is 20.6. The van der Waals surface area contributed by atoms with Crippen molar-refractivity contribution in [1.82, 2.24) is 0 Å². The van der Waals surface area contributed by atoms with E-state index >= 15 is 0 Å². The number of hydrogen-bond acceptors (Lipinski definition) is 2. The van der Waals surface area contributed by atoms with Crippen molar-refractivity contribution in [3.63, 3.8) is 0 Å².